The molecule has 266 valence electrons. The van der Waals surface area contributed by atoms with Crippen LogP contribution in [0.1, 0.15) is 57.7 Å². The number of amides is 1. The summed E-state index contributed by atoms with van der Waals surface area (Å²) in [7, 11) is 1.54. The van der Waals surface area contributed by atoms with Gasteiger partial charge in [-0.1, -0.05) is 60.7 Å². The van der Waals surface area contributed by atoms with E-state index in [1.165, 1.54) is 30.6 Å². The van der Waals surface area contributed by atoms with Gasteiger partial charge >= 0.3 is 0 Å². The Kier molecular flexibility index (Phi) is 12.5. The minimum atomic E-state index is -2.64. The number of alkyl halides is 2. The van der Waals surface area contributed by atoms with Crippen molar-refractivity contribution in [2.24, 2.45) is 0 Å². The zero-order valence-electron chi connectivity index (χ0n) is 27.7. The maximum absolute atomic E-state index is 13.5. The average molecular weight is 729 g/mol. The lowest BCUT2D eigenvalue weighted by atomic mass is 9.81. The largest absolute Gasteiger partial charge is 0.481 e. The highest BCUT2D eigenvalue weighted by molar-refractivity contribution is 5.92. The Labute approximate surface area is 303 Å². The number of halogens is 4. The van der Waals surface area contributed by atoms with E-state index in [2.05, 4.69) is 73.3 Å². The van der Waals surface area contributed by atoms with E-state index < -0.39 is 13.0 Å². The number of aromatic nitrogens is 4. The molecular formula is C36H41Cl2F2N7O3. The number of methoxy groups -OCH3 is 1. The Hall–Kier alpha value is -3.97. The zero-order chi connectivity index (χ0) is 33.0. The van der Waals surface area contributed by atoms with Gasteiger partial charge in [0.15, 0.2) is 6.61 Å². The summed E-state index contributed by atoms with van der Waals surface area (Å²) in [5, 5.41) is 0. The summed E-state index contributed by atoms with van der Waals surface area (Å²) < 4.78 is 38.1. The van der Waals surface area contributed by atoms with Crippen LogP contribution in [0.2, 0.25) is 0 Å². The number of piperazine rings is 2. The van der Waals surface area contributed by atoms with Gasteiger partial charge in [0.05, 0.1) is 18.9 Å². The van der Waals surface area contributed by atoms with Crippen molar-refractivity contribution in [2.45, 2.75) is 49.7 Å². The van der Waals surface area contributed by atoms with Crippen molar-refractivity contribution in [1.29, 1.82) is 0 Å². The van der Waals surface area contributed by atoms with Crippen LogP contribution < -0.4 is 9.47 Å². The molecule has 14 heteroatoms. The normalized spacial score (nSPS) is 19.3. The van der Waals surface area contributed by atoms with Crippen molar-refractivity contribution in [2.75, 3.05) is 46.4 Å². The van der Waals surface area contributed by atoms with Crippen LogP contribution >= 0.6 is 24.8 Å². The van der Waals surface area contributed by atoms with Gasteiger partial charge in [-0.15, -0.1) is 24.8 Å². The lowest BCUT2D eigenvalue weighted by Gasteiger charge is -2.53. The molecule has 2 aromatic carbocycles. The summed E-state index contributed by atoms with van der Waals surface area (Å²) >= 11 is 0. The highest BCUT2D eigenvalue weighted by Crippen LogP contribution is 2.42. The van der Waals surface area contributed by atoms with Gasteiger partial charge in [-0.3, -0.25) is 19.6 Å². The van der Waals surface area contributed by atoms with Crippen LogP contribution in [0.3, 0.4) is 0 Å². The van der Waals surface area contributed by atoms with Gasteiger partial charge in [0.2, 0.25) is 11.8 Å². The van der Waals surface area contributed by atoms with Crippen LogP contribution in [0.4, 0.5) is 8.78 Å². The van der Waals surface area contributed by atoms with Crippen molar-refractivity contribution in [1.82, 2.24) is 34.6 Å². The molecule has 3 aliphatic rings. The molecule has 2 saturated heterocycles. The summed E-state index contributed by atoms with van der Waals surface area (Å²) in [5.41, 5.74) is 3.26. The molecule has 0 N–H and O–H groups in total. The first-order chi connectivity index (χ1) is 23.5. The molecule has 2 atom stereocenters. The Morgan fingerprint density at radius 1 is 0.900 bits per heavy atom. The van der Waals surface area contributed by atoms with Crippen molar-refractivity contribution in [3.8, 4) is 11.8 Å². The molecule has 0 bridgehead atoms. The molecule has 4 aromatic rings. The van der Waals surface area contributed by atoms with Crippen LogP contribution in [0.5, 0.6) is 11.8 Å². The predicted molar refractivity (Wildman–Crippen MR) is 189 cm³/mol. The minimum Gasteiger partial charge on any atom is -0.481 e. The van der Waals surface area contributed by atoms with Crippen molar-refractivity contribution in [3.63, 3.8) is 0 Å². The zero-order valence-corrected chi connectivity index (χ0v) is 29.3. The number of fused-ring (bicyclic) bond motifs is 1. The quantitative estimate of drug-likeness (QED) is 0.199. The van der Waals surface area contributed by atoms with Crippen LogP contribution in [0, 0.1) is 0 Å². The number of carbonyl (C=O) groups is 1. The predicted octanol–water partition coefficient (Wildman–Crippen LogP) is 5.48. The van der Waals surface area contributed by atoms with Gasteiger partial charge in [0.1, 0.15) is 11.5 Å². The number of benzene rings is 2. The first kappa shape index (κ1) is 37.3. The second-order valence-corrected chi connectivity index (χ2v) is 12.6. The molecule has 1 saturated carbocycles. The van der Waals surface area contributed by atoms with Crippen LogP contribution in [-0.2, 0) is 6.54 Å². The minimum absolute atomic E-state index is 0. The summed E-state index contributed by atoms with van der Waals surface area (Å²) in [6, 6.07) is 21.0. The fourth-order valence-electron chi connectivity index (χ4n) is 7.12. The number of hydrogen-bond donors (Lipinski definition) is 0. The maximum Gasteiger partial charge on any atom is 0.274 e. The van der Waals surface area contributed by atoms with Crippen LogP contribution in [-0.4, -0.2) is 105 Å². The monoisotopic (exact) mass is 727 g/mol. The van der Waals surface area contributed by atoms with E-state index >= 15 is 0 Å². The molecular weight excluding hydrogens is 687 g/mol. The average Bonchev–Trinajstić information content (AvgIpc) is 3.98. The SMILES string of the molecule is COc1nc(C2CC2)nc(OCC(F)F)c1CN1CC2CN(C(=O)c3cnccn3)CCN2C(C(c2ccccc2)c2ccccc2)C1.Cl.Cl. The van der Waals surface area contributed by atoms with Crippen molar-refractivity contribution < 1.29 is 23.0 Å². The molecule has 10 nitrogen and oxygen atoms in total. The maximum atomic E-state index is 13.5. The van der Waals surface area contributed by atoms with Gasteiger partial charge in [-0.25, -0.2) is 13.8 Å². The third-order valence-electron chi connectivity index (χ3n) is 9.45. The second kappa shape index (κ2) is 16.8. The molecule has 2 aromatic heterocycles. The standard InChI is InChI=1S/C36H39F2N7O3.2ClH/c1-47-34-28(35(48-23-31(37)38)42-33(41-34)26-12-13-26)21-43-19-27-20-44(36(46)29-18-39-14-15-40-29)16-17-45(27)30(22-43)32(24-8-4-2-5-9-24)25-10-6-3-7-11-25;;/h2-11,14-15,18,26-27,30-32H,12-13,16-17,19-23H2,1H3;2*1H. The number of carbonyl (C=O) groups excluding carboxylic acids is 1. The Balaban J connectivity index is 0.00000243. The van der Waals surface area contributed by atoms with Gasteiger partial charge in [0, 0.05) is 75.6 Å². The van der Waals surface area contributed by atoms with Crippen molar-refractivity contribution in [3.05, 3.63) is 107 Å². The lowest BCUT2D eigenvalue weighted by molar-refractivity contribution is -0.0294. The highest BCUT2D eigenvalue weighted by atomic mass is 35.5. The summed E-state index contributed by atoms with van der Waals surface area (Å²) in [5.74, 6) is 1.14. The molecule has 4 heterocycles. The third-order valence-corrected chi connectivity index (χ3v) is 9.45. The van der Waals surface area contributed by atoms with Gasteiger partial charge in [-0.05, 0) is 24.0 Å². The summed E-state index contributed by atoms with van der Waals surface area (Å²) in [4.78, 5) is 37.9. The molecule has 3 fully saturated rings. The van der Waals surface area contributed by atoms with Crippen LogP contribution in [0.15, 0.2) is 79.3 Å². The first-order valence-electron chi connectivity index (χ1n) is 16.5. The molecule has 0 radical (unpaired) electrons. The van der Waals surface area contributed by atoms with E-state index in [0.29, 0.717) is 62.2 Å². The Morgan fingerprint density at radius 2 is 1.58 bits per heavy atom. The smallest absolute Gasteiger partial charge is 0.274 e. The third kappa shape index (κ3) is 8.31. The first-order valence-corrected chi connectivity index (χ1v) is 16.5. The molecule has 1 aliphatic carbocycles. The molecule has 2 unspecified atom stereocenters. The van der Waals surface area contributed by atoms with E-state index in [1.807, 2.05) is 17.0 Å². The number of rotatable bonds is 11. The fourth-order valence-corrected chi connectivity index (χ4v) is 7.12. The second-order valence-electron chi connectivity index (χ2n) is 12.6. The van der Waals surface area contributed by atoms with Gasteiger partial charge < -0.3 is 14.4 Å². The Bertz CT molecular complexity index is 1650. The van der Waals surface area contributed by atoms with Gasteiger partial charge in [-0.2, -0.15) is 9.97 Å². The van der Waals surface area contributed by atoms with Gasteiger partial charge in [0.25, 0.3) is 12.3 Å². The van der Waals surface area contributed by atoms with E-state index in [-0.39, 0.29) is 60.5 Å². The topological polar surface area (TPSA) is 96.8 Å². The molecule has 2 aliphatic heterocycles. The lowest BCUT2D eigenvalue weighted by Crippen LogP contribution is -2.67. The molecule has 0 spiro atoms. The molecule has 50 heavy (non-hydrogen) atoms. The van der Waals surface area contributed by atoms with E-state index in [1.54, 1.807) is 6.20 Å². The fraction of sp³-hybridized carbons (Fsp3) is 0.417. The highest BCUT2D eigenvalue weighted by Gasteiger charge is 2.44. The number of nitrogens with zero attached hydrogens (tertiary/aromatic N) is 7. The number of ether oxygens (including phenoxy) is 2. The molecule has 1 amide bonds. The summed E-state index contributed by atoms with van der Waals surface area (Å²) in [6.07, 6.45) is 3.85. The van der Waals surface area contributed by atoms with E-state index in [0.717, 1.165) is 12.8 Å². The molecule has 7 rings (SSSR count). The van der Waals surface area contributed by atoms with E-state index in [9.17, 15) is 13.6 Å². The number of hydrogen-bond acceptors (Lipinski definition) is 9. The summed E-state index contributed by atoms with van der Waals surface area (Å²) in [6.45, 7) is 2.62. The Morgan fingerprint density at radius 3 is 2.18 bits per heavy atom. The van der Waals surface area contributed by atoms with E-state index in [4.69, 9.17) is 14.5 Å². The van der Waals surface area contributed by atoms with Crippen molar-refractivity contribution >= 4 is 30.7 Å². The van der Waals surface area contributed by atoms with Crippen LogP contribution in [0.25, 0.3) is 0 Å².